The van der Waals surface area contributed by atoms with Gasteiger partial charge in [-0.25, -0.2) is 0 Å². The Bertz CT molecular complexity index is 1570. The maximum Gasteiger partial charge on any atom is 0.263 e. The molecule has 0 fully saturated rings. The lowest BCUT2D eigenvalue weighted by atomic mass is 9.72. The Morgan fingerprint density at radius 1 is 0.615 bits per heavy atom. The van der Waals surface area contributed by atoms with Gasteiger partial charge in [0.05, 0.1) is 11.4 Å². The van der Waals surface area contributed by atoms with Crippen LogP contribution in [0.2, 0.25) is 0 Å². The lowest BCUT2D eigenvalue weighted by Crippen LogP contribution is -2.41. The lowest BCUT2D eigenvalue weighted by molar-refractivity contribution is -0.122. The van der Waals surface area contributed by atoms with E-state index in [4.69, 9.17) is 5.10 Å². The maximum atomic E-state index is 14.8. The second kappa shape index (κ2) is 10.8. The summed E-state index contributed by atoms with van der Waals surface area (Å²) < 4.78 is 0. The summed E-state index contributed by atoms with van der Waals surface area (Å²) in [5.41, 5.74) is 5.55. The minimum atomic E-state index is -1.04. The van der Waals surface area contributed by atoms with E-state index in [0.717, 1.165) is 39.2 Å². The van der Waals surface area contributed by atoms with E-state index in [1.165, 1.54) is 0 Å². The molecular formula is C36H28N2O. The molecule has 0 aliphatic carbocycles. The summed E-state index contributed by atoms with van der Waals surface area (Å²) in [6.07, 6.45) is 2.63. The molecule has 5 aromatic rings. The molecule has 5 aromatic carbocycles. The molecule has 1 heterocycles. The molecule has 6 rings (SSSR count). The number of anilines is 1. The maximum absolute atomic E-state index is 14.8. The van der Waals surface area contributed by atoms with E-state index in [1.54, 1.807) is 5.01 Å². The number of carbonyl (C=O) groups is 1. The molecule has 0 radical (unpaired) electrons. The van der Waals surface area contributed by atoms with Crippen molar-refractivity contribution in [3.63, 3.8) is 0 Å². The van der Waals surface area contributed by atoms with Crippen molar-refractivity contribution in [1.82, 2.24) is 0 Å². The number of hydrazone groups is 1. The second-order valence-electron chi connectivity index (χ2n) is 9.69. The lowest BCUT2D eigenvalue weighted by Gasteiger charge is -2.28. The number of hydrogen-bond acceptors (Lipinski definition) is 2. The van der Waals surface area contributed by atoms with Gasteiger partial charge in [-0.05, 0) is 46.4 Å². The average Bonchev–Trinajstić information content (AvgIpc) is 3.29. The average molecular weight is 505 g/mol. The molecule has 1 aliphatic rings. The van der Waals surface area contributed by atoms with Gasteiger partial charge in [0.2, 0.25) is 0 Å². The molecule has 1 aliphatic heterocycles. The van der Waals surface area contributed by atoms with Crippen LogP contribution in [0.1, 0.15) is 22.3 Å². The number of hydrogen-bond donors (Lipinski definition) is 0. The predicted octanol–water partition coefficient (Wildman–Crippen LogP) is 7.80. The van der Waals surface area contributed by atoms with E-state index >= 15 is 0 Å². The molecule has 0 saturated carbocycles. The molecule has 0 spiro atoms. The molecule has 3 heteroatoms. The molecule has 0 aromatic heterocycles. The van der Waals surface area contributed by atoms with Crippen LogP contribution in [-0.4, -0.2) is 11.6 Å². The highest BCUT2D eigenvalue weighted by Gasteiger charge is 2.51. The number of nitrogens with zero attached hydrogens (tertiary/aromatic N) is 2. The van der Waals surface area contributed by atoms with Gasteiger partial charge < -0.3 is 0 Å². The SMILES string of the molecule is O=C1N(c2ccccc2)N=C(c2ccccc2)C1(C=C(c1ccccc1)c1ccccc1)Cc1ccccc1. The Kier molecular flexibility index (Phi) is 6.71. The van der Waals surface area contributed by atoms with Gasteiger partial charge in [-0.1, -0.05) is 146 Å². The van der Waals surface area contributed by atoms with Crippen LogP contribution in [0.15, 0.2) is 163 Å². The van der Waals surface area contributed by atoms with Crippen molar-refractivity contribution in [3.8, 4) is 0 Å². The normalized spacial score (nSPS) is 16.6. The molecule has 0 saturated heterocycles. The monoisotopic (exact) mass is 504 g/mol. The van der Waals surface area contributed by atoms with E-state index in [0.29, 0.717) is 6.42 Å². The topological polar surface area (TPSA) is 32.7 Å². The molecule has 188 valence electrons. The van der Waals surface area contributed by atoms with Crippen LogP contribution >= 0.6 is 0 Å². The van der Waals surface area contributed by atoms with Crippen molar-refractivity contribution < 1.29 is 4.79 Å². The van der Waals surface area contributed by atoms with E-state index < -0.39 is 5.41 Å². The van der Waals surface area contributed by atoms with E-state index in [2.05, 4.69) is 42.5 Å². The Morgan fingerprint density at radius 2 is 1.08 bits per heavy atom. The van der Waals surface area contributed by atoms with Crippen LogP contribution in [-0.2, 0) is 11.2 Å². The first-order chi connectivity index (χ1) is 19.2. The van der Waals surface area contributed by atoms with Crippen molar-refractivity contribution in [3.05, 3.63) is 180 Å². The predicted molar refractivity (Wildman–Crippen MR) is 159 cm³/mol. The van der Waals surface area contributed by atoms with Crippen LogP contribution in [0, 0.1) is 5.41 Å². The smallest absolute Gasteiger partial charge is 0.263 e. The van der Waals surface area contributed by atoms with Crippen molar-refractivity contribution in [2.45, 2.75) is 6.42 Å². The van der Waals surface area contributed by atoms with Gasteiger partial charge in [0.25, 0.3) is 5.91 Å². The highest BCUT2D eigenvalue weighted by Crippen LogP contribution is 2.42. The van der Waals surface area contributed by atoms with Crippen molar-refractivity contribution >= 4 is 22.9 Å². The first-order valence-electron chi connectivity index (χ1n) is 13.2. The number of para-hydroxylation sites is 1. The van der Waals surface area contributed by atoms with Gasteiger partial charge in [-0.3, -0.25) is 4.79 Å². The summed E-state index contributed by atoms with van der Waals surface area (Å²) in [4.78, 5) is 14.8. The van der Waals surface area contributed by atoms with E-state index in [-0.39, 0.29) is 5.91 Å². The highest BCUT2D eigenvalue weighted by atomic mass is 16.2. The highest BCUT2D eigenvalue weighted by molar-refractivity contribution is 6.27. The third-order valence-electron chi connectivity index (χ3n) is 7.13. The molecule has 39 heavy (non-hydrogen) atoms. The Hall–Kier alpha value is -5.02. The van der Waals surface area contributed by atoms with E-state index in [9.17, 15) is 4.79 Å². The van der Waals surface area contributed by atoms with Crippen LogP contribution in [0.5, 0.6) is 0 Å². The molecule has 1 atom stereocenters. The summed E-state index contributed by atoms with van der Waals surface area (Å²) in [5.74, 6) is -0.0687. The first kappa shape index (κ1) is 24.3. The van der Waals surface area contributed by atoms with Crippen LogP contribution in [0.3, 0.4) is 0 Å². The van der Waals surface area contributed by atoms with Gasteiger partial charge in [-0.2, -0.15) is 10.1 Å². The molecule has 1 unspecified atom stereocenters. The summed E-state index contributed by atoms with van der Waals surface area (Å²) in [7, 11) is 0. The number of benzene rings is 5. The minimum Gasteiger partial charge on any atom is -0.271 e. The van der Waals surface area contributed by atoms with Crippen LogP contribution < -0.4 is 5.01 Å². The molecule has 0 bridgehead atoms. The number of rotatable bonds is 7. The summed E-state index contributed by atoms with van der Waals surface area (Å²) in [6, 6.07) is 50.6. The fourth-order valence-corrected chi connectivity index (χ4v) is 5.25. The van der Waals surface area contributed by atoms with Crippen molar-refractivity contribution in [2.75, 3.05) is 5.01 Å². The van der Waals surface area contributed by atoms with Gasteiger partial charge in [-0.15, -0.1) is 0 Å². The third kappa shape index (κ3) is 4.83. The number of carbonyl (C=O) groups excluding carboxylic acids is 1. The molecule has 0 N–H and O–H groups in total. The van der Waals surface area contributed by atoms with Crippen molar-refractivity contribution in [2.24, 2.45) is 10.5 Å². The zero-order valence-electron chi connectivity index (χ0n) is 21.5. The molecule has 1 amide bonds. The van der Waals surface area contributed by atoms with Crippen LogP contribution in [0.25, 0.3) is 5.57 Å². The zero-order chi connectivity index (χ0) is 26.5. The first-order valence-corrected chi connectivity index (χ1v) is 13.2. The third-order valence-corrected chi connectivity index (χ3v) is 7.13. The quantitative estimate of drug-likeness (QED) is 0.223. The van der Waals surface area contributed by atoms with E-state index in [1.807, 2.05) is 115 Å². The Morgan fingerprint density at radius 3 is 1.62 bits per heavy atom. The molecular weight excluding hydrogens is 476 g/mol. The summed E-state index contributed by atoms with van der Waals surface area (Å²) in [6.45, 7) is 0. The van der Waals surface area contributed by atoms with Crippen molar-refractivity contribution in [1.29, 1.82) is 0 Å². The fraction of sp³-hybridized carbons (Fsp3) is 0.0556. The zero-order valence-corrected chi connectivity index (χ0v) is 21.5. The fourth-order valence-electron chi connectivity index (χ4n) is 5.25. The van der Waals surface area contributed by atoms with Crippen LogP contribution in [0.4, 0.5) is 5.69 Å². The summed E-state index contributed by atoms with van der Waals surface area (Å²) >= 11 is 0. The van der Waals surface area contributed by atoms with Gasteiger partial charge in [0.15, 0.2) is 0 Å². The standard InChI is InChI=1S/C36H28N2O/c39-35-36(26-28-16-6-1-7-17-28,27-33(29-18-8-2-9-19-29)30-20-10-3-11-21-30)34(31-22-12-4-13-23-31)37-38(35)32-24-14-5-15-25-32/h1-25,27H,26H2. The number of amides is 1. The Labute approximate surface area is 229 Å². The van der Waals surface area contributed by atoms with Gasteiger partial charge in [0.1, 0.15) is 5.41 Å². The minimum absolute atomic E-state index is 0.0687. The Balaban J connectivity index is 1.64. The molecule has 3 nitrogen and oxygen atoms in total. The second-order valence-corrected chi connectivity index (χ2v) is 9.69. The largest absolute Gasteiger partial charge is 0.271 e. The van der Waals surface area contributed by atoms with Gasteiger partial charge in [0, 0.05) is 0 Å². The summed E-state index contributed by atoms with van der Waals surface area (Å²) in [5, 5.41) is 6.63. The van der Waals surface area contributed by atoms with Gasteiger partial charge >= 0.3 is 0 Å².